The van der Waals surface area contributed by atoms with E-state index in [1.165, 1.54) is 0 Å². The highest BCUT2D eigenvalue weighted by molar-refractivity contribution is 7.08. The maximum absolute atomic E-state index is 12.3. The van der Waals surface area contributed by atoms with Crippen LogP contribution in [0.3, 0.4) is 0 Å². The summed E-state index contributed by atoms with van der Waals surface area (Å²) in [5.74, 6) is 0.234. The Morgan fingerprint density at radius 3 is 2.83 bits per heavy atom. The fraction of sp³-hybridized carbons (Fsp3) is 0. The van der Waals surface area contributed by atoms with Gasteiger partial charge in [-0.1, -0.05) is 6.07 Å². The van der Waals surface area contributed by atoms with E-state index < -0.39 is 0 Å². The zero-order chi connectivity index (χ0) is 15.6. The van der Waals surface area contributed by atoms with Crippen molar-refractivity contribution in [3.8, 4) is 11.1 Å². The Morgan fingerprint density at radius 1 is 1.09 bits per heavy atom. The van der Waals surface area contributed by atoms with Gasteiger partial charge in [-0.2, -0.15) is 11.3 Å². The first-order chi connectivity index (χ1) is 11.3. The molecule has 4 heterocycles. The molecule has 4 aromatic rings. The minimum Gasteiger partial charge on any atom is -0.306 e. The van der Waals surface area contributed by atoms with Gasteiger partial charge in [0, 0.05) is 18.6 Å². The molecule has 0 radical (unpaired) electrons. The summed E-state index contributed by atoms with van der Waals surface area (Å²) in [6.07, 6.45) is 5.33. The molecule has 0 atom stereocenters. The average molecular weight is 320 g/mol. The van der Waals surface area contributed by atoms with Crippen LogP contribution in [0.5, 0.6) is 0 Å². The predicted molar refractivity (Wildman–Crippen MR) is 90.7 cm³/mol. The van der Waals surface area contributed by atoms with Crippen LogP contribution in [0.15, 0.2) is 65.7 Å². The van der Waals surface area contributed by atoms with Gasteiger partial charge in [0.2, 0.25) is 0 Å². The van der Waals surface area contributed by atoms with Gasteiger partial charge in [-0.25, -0.2) is 9.97 Å². The van der Waals surface area contributed by atoms with Gasteiger partial charge in [-0.15, -0.1) is 0 Å². The van der Waals surface area contributed by atoms with Crippen LogP contribution in [-0.4, -0.2) is 20.3 Å². The fourth-order valence-electron chi connectivity index (χ4n) is 2.32. The molecule has 0 aliphatic rings. The Labute approximate surface area is 136 Å². The number of rotatable bonds is 3. The number of aromatic nitrogens is 3. The van der Waals surface area contributed by atoms with E-state index in [1.807, 2.05) is 34.2 Å². The van der Waals surface area contributed by atoms with Crippen molar-refractivity contribution in [2.24, 2.45) is 0 Å². The SMILES string of the molecule is O=C(Nc1ccccn1)c1cn2cc(-c3ccsc3)ccc2n1. The summed E-state index contributed by atoms with van der Waals surface area (Å²) < 4.78 is 1.86. The van der Waals surface area contributed by atoms with Gasteiger partial charge in [0.05, 0.1) is 0 Å². The molecule has 1 N–H and O–H groups in total. The van der Waals surface area contributed by atoms with Crippen molar-refractivity contribution in [1.82, 2.24) is 14.4 Å². The Bertz CT molecular complexity index is 961. The van der Waals surface area contributed by atoms with Gasteiger partial charge in [-0.3, -0.25) is 4.79 Å². The molecule has 1 amide bonds. The van der Waals surface area contributed by atoms with E-state index in [4.69, 9.17) is 0 Å². The van der Waals surface area contributed by atoms with Crippen molar-refractivity contribution < 1.29 is 4.79 Å². The Balaban J connectivity index is 1.65. The van der Waals surface area contributed by atoms with E-state index in [1.54, 1.807) is 35.9 Å². The first-order valence-corrected chi connectivity index (χ1v) is 7.97. The van der Waals surface area contributed by atoms with E-state index in [2.05, 4.69) is 26.7 Å². The predicted octanol–water partition coefficient (Wildman–Crippen LogP) is 3.71. The number of carbonyl (C=O) groups excluding carboxylic acids is 1. The van der Waals surface area contributed by atoms with Crippen molar-refractivity contribution in [3.63, 3.8) is 0 Å². The molecule has 112 valence electrons. The first-order valence-electron chi connectivity index (χ1n) is 7.03. The largest absolute Gasteiger partial charge is 0.306 e. The van der Waals surface area contributed by atoms with Crippen LogP contribution >= 0.6 is 11.3 Å². The monoisotopic (exact) mass is 320 g/mol. The Kier molecular flexibility index (Phi) is 3.36. The zero-order valence-corrected chi connectivity index (χ0v) is 12.8. The lowest BCUT2D eigenvalue weighted by Gasteiger charge is -2.00. The average Bonchev–Trinajstić information content (AvgIpc) is 3.24. The van der Waals surface area contributed by atoms with Crippen LogP contribution < -0.4 is 5.32 Å². The standard InChI is InChI=1S/C17H12N4OS/c22-17(20-15-3-1-2-7-18-15)14-10-21-9-12(4-5-16(21)19-14)13-6-8-23-11-13/h1-11H,(H,18,20,22). The zero-order valence-electron chi connectivity index (χ0n) is 12.0. The number of pyridine rings is 2. The molecule has 0 aliphatic carbocycles. The van der Waals surface area contributed by atoms with Crippen molar-refractivity contribution >= 4 is 28.7 Å². The van der Waals surface area contributed by atoms with Gasteiger partial charge in [0.1, 0.15) is 17.2 Å². The minimum absolute atomic E-state index is 0.274. The van der Waals surface area contributed by atoms with Crippen LogP contribution in [-0.2, 0) is 0 Å². The first kappa shape index (κ1) is 13.7. The topological polar surface area (TPSA) is 59.3 Å². The smallest absolute Gasteiger partial charge is 0.277 e. The fourth-order valence-corrected chi connectivity index (χ4v) is 2.98. The molecule has 0 fully saturated rings. The number of imidazole rings is 1. The second-order valence-electron chi connectivity index (χ2n) is 4.99. The molecule has 4 rings (SSSR count). The van der Waals surface area contributed by atoms with Gasteiger partial charge < -0.3 is 9.72 Å². The van der Waals surface area contributed by atoms with Crippen molar-refractivity contribution in [2.75, 3.05) is 5.32 Å². The van der Waals surface area contributed by atoms with Gasteiger partial charge in [0.25, 0.3) is 5.91 Å². The second kappa shape index (κ2) is 5.66. The van der Waals surface area contributed by atoms with Gasteiger partial charge >= 0.3 is 0 Å². The highest BCUT2D eigenvalue weighted by Gasteiger charge is 2.12. The van der Waals surface area contributed by atoms with Gasteiger partial charge in [0.15, 0.2) is 0 Å². The van der Waals surface area contributed by atoms with E-state index in [0.717, 1.165) is 16.8 Å². The molecule has 23 heavy (non-hydrogen) atoms. The maximum atomic E-state index is 12.3. The molecule has 0 spiro atoms. The summed E-state index contributed by atoms with van der Waals surface area (Å²) in [4.78, 5) is 20.7. The molecule has 0 unspecified atom stereocenters. The number of nitrogens with one attached hydrogen (secondary N) is 1. The van der Waals surface area contributed by atoms with Crippen LogP contribution in [0.1, 0.15) is 10.5 Å². The molecular weight excluding hydrogens is 308 g/mol. The third-order valence-corrected chi connectivity index (χ3v) is 4.13. The summed E-state index contributed by atoms with van der Waals surface area (Å²) >= 11 is 1.66. The summed E-state index contributed by atoms with van der Waals surface area (Å²) in [6, 6.07) is 11.3. The maximum Gasteiger partial charge on any atom is 0.277 e. The molecule has 5 nitrogen and oxygen atoms in total. The molecule has 0 saturated heterocycles. The lowest BCUT2D eigenvalue weighted by Crippen LogP contribution is -2.13. The van der Waals surface area contributed by atoms with Crippen molar-refractivity contribution in [1.29, 1.82) is 0 Å². The van der Waals surface area contributed by atoms with E-state index in [-0.39, 0.29) is 5.91 Å². The molecule has 0 aromatic carbocycles. The molecule has 0 aliphatic heterocycles. The van der Waals surface area contributed by atoms with E-state index in [9.17, 15) is 4.79 Å². The summed E-state index contributed by atoms with van der Waals surface area (Å²) in [5.41, 5.74) is 3.34. The quantitative estimate of drug-likeness (QED) is 0.626. The third kappa shape index (κ3) is 2.72. The number of carbonyl (C=O) groups is 1. The molecule has 0 saturated carbocycles. The van der Waals surface area contributed by atoms with Gasteiger partial charge in [-0.05, 0) is 52.2 Å². The van der Waals surface area contributed by atoms with E-state index in [0.29, 0.717) is 11.5 Å². The number of anilines is 1. The second-order valence-corrected chi connectivity index (χ2v) is 5.77. The lowest BCUT2D eigenvalue weighted by atomic mass is 10.1. The highest BCUT2D eigenvalue weighted by Crippen LogP contribution is 2.22. The van der Waals surface area contributed by atoms with Crippen molar-refractivity contribution in [3.05, 3.63) is 71.4 Å². The third-order valence-electron chi connectivity index (χ3n) is 3.44. The number of hydrogen-bond acceptors (Lipinski definition) is 4. The van der Waals surface area contributed by atoms with Crippen LogP contribution in [0.25, 0.3) is 16.8 Å². The number of hydrogen-bond donors (Lipinski definition) is 1. The summed E-state index contributed by atoms with van der Waals surface area (Å²) in [5, 5.41) is 6.87. The number of thiophene rings is 1. The minimum atomic E-state index is -0.274. The van der Waals surface area contributed by atoms with Crippen LogP contribution in [0, 0.1) is 0 Å². The van der Waals surface area contributed by atoms with Crippen molar-refractivity contribution in [2.45, 2.75) is 0 Å². The Morgan fingerprint density at radius 2 is 2.04 bits per heavy atom. The van der Waals surface area contributed by atoms with Crippen LogP contribution in [0.4, 0.5) is 5.82 Å². The normalized spacial score (nSPS) is 10.8. The van der Waals surface area contributed by atoms with E-state index >= 15 is 0 Å². The number of nitrogens with zero attached hydrogens (tertiary/aromatic N) is 3. The summed E-state index contributed by atoms with van der Waals surface area (Å²) in [6.45, 7) is 0. The molecule has 0 bridgehead atoms. The molecular formula is C17H12N4OS. The lowest BCUT2D eigenvalue weighted by molar-refractivity contribution is 0.102. The number of fused-ring (bicyclic) bond motifs is 1. The molecule has 4 aromatic heterocycles. The summed E-state index contributed by atoms with van der Waals surface area (Å²) in [7, 11) is 0. The van der Waals surface area contributed by atoms with Crippen LogP contribution in [0.2, 0.25) is 0 Å². The highest BCUT2D eigenvalue weighted by atomic mass is 32.1. The molecule has 6 heteroatoms. The number of amides is 1. The Hall–Kier alpha value is -2.99.